The molecular formula is C8H14BrN3. The lowest BCUT2D eigenvalue weighted by Crippen LogP contribution is -2.00. The number of aromatic nitrogens is 3. The van der Waals surface area contributed by atoms with Crippen molar-refractivity contribution in [2.24, 2.45) is 7.05 Å². The Morgan fingerprint density at radius 3 is 2.67 bits per heavy atom. The molecule has 0 saturated heterocycles. The number of hydrogen-bond acceptors (Lipinski definition) is 2. The van der Waals surface area contributed by atoms with Crippen molar-refractivity contribution >= 4 is 15.9 Å². The summed E-state index contributed by atoms with van der Waals surface area (Å²) in [5, 5.41) is 7.96. The zero-order chi connectivity index (χ0) is 9.14. The predicted octanol–water partition coefficient (Wildman–Crippen LogP) is 2.09. The van der Waals surface area contributed by atoms with Crippen LogP contribution in [0.15, 0.2) is 6.20 Å². The molecule has 4 heteroatoms. The molecule has 0 aromatic carbocycles. The van der Waals surface area contributed by atoms with E-state index in [1.807, 2.05) is 13.2 Å². The molecule has 1 heterocycles. The molecule has 3 nitrogen and oxygen atoms in total. The minimum Gasteiger partial charge on any atom is -0.255 e. The third-order valence-electron chi connectivity index (χ3n) is 1.80. The van der Waals surface area contributed by atoms with Crippen molar-refractivity contribution in [2.75, 3.05) is 0 Å². The van der Waals surface area contributed by atoms with Gasteiger partial charge in [-0.25, -0.2) is 0 Å². The molecule has 1 rings (SSSR count). The predicted molar refractivity (Wildman–Crippen MR) is 52.4 cm³/mol. The SMILES string of the molecule is CC(Br)CC(C)c1cn(C)nn1. The molecule has 1 aromatic rings. The third-order valence-corrected chi connectivity index (χ3v) is 2.18. The maximum absolute atomic E-state index is 4.06. The minimum absolute atomic E-state index is 0.480. The summed E-state index contributed by atoms with van der Waals surface area (Å²) < 4.78 is 1.74. The van der Waals surface area contributed by atoms with Crippen molar-refractivity contribution in [1.82, 2.24) is 15.0 Å². The van der Waals surface area contributed by atoms with E-state index in [0.717, 1.165) is 12.1 Å². The van der Waals surface area contributed by atoms with Gasteiger partial charge in [-0.05, 0) is 6.42 Å². The van der Waals surface area contributed by atoms with Crippen molar-refractivity contribution < 1.29 is 0 Å². The molecule has 0 spiro atoms. The first-order valence-corrected chi connectivity index (χ1v) is 5.01. The van der Waals surface area contributed by atoms with E-state index in [4.69, 9.17) is 0 Å². The molecule has 1 aromatic heterocycles. The van der Waals surface area contributed by atoms with E-state index in [-0.39, 0.29) is 0 Å². The molecule has 2 unspecified atom stereocenters. The Bertz CT molecular complexity index is 244. The molecule has 0 aliphatic heterocycles. The zero-order valence-electron chi connectivity index (χ0n) is 7.66. The highest BCUT2D eigenvalue weighted by Crippen LogP contribution is 2.20. The molecule has 12 heavy (non-hydrogen) atoms. The smallest absolute Gasteiger partial charge is 0.0855 e. The topological polar surface area (TPSA) is 30.7 Å². The summed E-state index contributed by atoms with van der Waals surface area (Å²) in [6.07, 6.45) is 3.07. The Labute approximate surface area is 81.3 Å². The summed E-state index contributed by atoms with van der Waals surface area (Å²) >= 11 is 3.52. The van der Waals surface area contributed by atoms with E-state index in [9.17, 15) is 0 Å². The van der Waals surface area contributed by atoms with E-state index >= 15 is 0 Å². The number of rotatable bonds is 3. The van der Waals surface area contributed by atoms with Crippen LogP contribution in [-0.4, -0.2) is 19.8 Å². The molecule has 0 radical (unpaired) electrons. The second-order valence-electron chi connectivity index (χ2n) is 3.23. The van der Waals surface area contributed by atoms with E-state index in [1.165, 1.54) is 0 Å². The third kappa shape index (κ3) is 2.59. The summed E-state index contributed by atoms with van der Waals surface area (Å²) in [5.41, 5.74) is 1.07. The maximum atomic E-state index is 4.06. The van der Waals surface area contributed by atoms with E-state index in [0.29, 0.717) is 10.7 Å². The van der Waals surface area contributed by atoms with Gasteiger partial charge in [0.1, 0.15) is 0 Å². The molecule has 2 atom stereocenters. The summed E-state index contributed by atoms with van der Waals surface area (Å²) in [6, 6.07) is 0. The van der Waals surface area contributed by atoms with Gasteiger partial charge in [-0.15, -0.1) is 5.10 Å². The Balaban J connectivity index is 2.58. The number of halogens is 1. The lowest BCUT2D eigenvalue weighted by Gasteiger charge is -2.08. The van der Waals surface area contributed by atoms with Crippen LogP contribution in [-0.2, 0) is 7.05 Å². The van der Waals surface area contributed by atoms with Crippen LogP contribution in [0.1, 0.15) is 31.9 Å². The molecule has 0 N–H and O–H groups in total. The fraction of sp³-hybridized carbons (Fsp3) is 0.750. The molecule has 0 amide bonds. The Morgan fingerprint density at radius 2 is 2.25 bits per heavy atom. The van der Waals surface area contributed by atoms with Gasteiger partial charge in [0.25, 0.3) is 0 Å². The van der Waals surface area contributed by atoms with Crippen LogP contribution < -0.4 is 0 Å². The normalized spacial score (nSPS) is 16.0. The van der Waals surface area contributed by atoms with Gasteiger partial charge in [0.05, 0.1) is 5.69 Å². The second-order valence-corrected chi connectivity index (χ2v) is 4.80. The van der Waals surface area contributed by atoms with Gasteiger partial charge in [-0.1, -0.05) is 35.0 Å². The van der Waals surface area contributed by atoms with Crippen molar-refractivity contribution in [1.29, 1.82) is 0 Å². The average molecular weight is 232 g/mol. The van der Waals surface area contributed by atoms with Gasteiger partial charge < -0.3 is 0 Å². The van der Waals surface area contributed by atoms with Crippen LogP contribution in [0.25, 0.3) is 0 Å². The molecule has 0 aliphatic rings. The van der Waals surface area contributed by atoms with Crippen molar-refractivity contribution in [3.8, 4) is 0 Å². The van der Waals surface area contributed by atoms with Crippen LogP contribution in [0, 0.1) is 0 Å². The van der Waals surface area contributed by atoms with Gasteiger partial charge in [0.15, 0.2) is 0 Å². The summed E-state index contributed by atoms with van der Waals surface area (Å²) in [4.78, 5) is 0.537. The molecular weight excluding hydrogens is 218 g/mol. The second kappa shape index (κ2) is 4.03. The first-order chi connectivity index (χ1) is 5.59. The van der Waals surface area contributed by atoms with Crippen LogP contribution in [0.4, 0.5) is 0 Å². The summed E-state index contributed by atoms with van der Waals surface area (Å²) in [5.74, 6) is 0.480. The van der Waals surface area contributed by atoms with Crippen LogP contribution in [0.2, 0.25) is 0 Å². The van der Waals surface area contributed by atoms with Gasteiger partial charge in [-0.2, -0.15) is 0 Å². The average Bonchev–Trinajstić information content (AvgIpc) is 2.34. The highest BCUT2D eigenvalue weighted by molar-refractivity contribution is 9.09. The largest absolute Gasteiger partial charge is 0.255 e. The fourth-order valence-electron chi connectivity index (χ4n) is 1.20. The zero-order valence-corrected chi connectivity index (χ0v) is 9.24. The highest BCUT2D eigenvalue weighted by atomic mass is 79.9. The first kappa shape index (κ1) is 9.71. The van der Waals surface area contributed by atoms with E-state index in [2.05, 4.69) is 40.1 Å². The molecule has 0 bridgehead atoms. The van der Waals surface area contributed by atoms with Crippen LogP contribution >= 0.6 is 15.9 Å². The number of nitrogens with zero attached hydrogens (tertiary/aromatic N) is 3. The van der Waals surface area contributed by atoms with Crippen LogP contribution in [0.5, 0.6) is 0 Å². The molecule has 0 saturated carbocycles. The Kier molecular flexibility index (Phi) is 3.26. The number of aryl methyl sites for hydroxylation is 1. The van der Waals surface area contributed by atoms with Crippen molar-refractivity contribution in [2.45, 2.75) is 31.0 Å². The number of hydrogen-bond donors (Lipinski definition) is 0. The van der Waals surface area contributed by atoms with Crippen molar-refractivity contribution in [3.05, 3.63) is 11.9 Å². The monoisotopic (exact) mass is 231 g/mol. The van der Waals surface area contributed by atoms with Gasteiger partial charge in [0.2, 0.25) is 0 Å². The summed E-state index contributed by atoms with van der Waals surface area (Å²) in [6.45, 7) is 4.31. The van der Waals surface area contributed by atoms with Gasteiger partial charge >= 0.3 is 0 Å². The van der Waals surface area contributed by atoms with E-state index < -0.39 is 0 Å². The summed E-state index contributed by atoms with van der Waals surface area (Å²) in [7, 11) is 1.89. The maximum Gasteiger partial charge on any atom is 0.0855 e. The molecule has 68 valence electrons. The van der Waals surface area contributed by atoms with Crippen LogP contribution in [0.3, 0.4) is 0 Å². The standard InChI is InChI=1S/C8H14BrN3/c1-6(4-7(2)9)8-5-12(3)11-10-8/h5-7H,4H2,1-3H3. The van der Waals surface area contributed by atoms with E-state index in [1.54, 1.807) is 4.68 Å². The lowest BCUT2D eigenvalue weighted by atomic mass is 10.0. The highest BCUT2D eigenvalue weighted by Gasteiger charge is 2.11. The molecule has 0 aliphatic carbocycles. The number of alkyl halides is 1. The Hall–Kier alpha value is -0.380. The Morgan fingerprint density at radius 1 is 1.58 bits per heavy atom. The van der Waals surface area contributed by atoms with Gasteiger partial charge in [-0.3, -0.25) is 4.68 Å². The van der Waals surface area contributed by atoms with Crippen molar-refractivity contribution in [3.63, 3.8) is 0 Å². The van der Waals surface area contributed by atoms with Gasteiger partial charge in [0, 0.05) is 24.0 Å². The molecule has 0 fully saturated rings. The lowest BCUT2D eigenvalue weighted by molar-refractivity contribution is 0.657. The first-order valence-electron chi connectivity index (χ1n) is 4.10. The quantitative estimate of drug-likeness (QED) is 0.747. The minimum atomic E-state index is 0.480. The fourth-order valence-corrected chi connectivity index (χ4v) is 1.76.